The van der Waals surface area contributed by atoms with E-state index < -0.39 is 34.3 Å². The molecule has 3 amide bonds. The highest BCUT2D eigenvalue weighted by molar-refractivity contribution is 7.93. The van der Waals surface area contributed by atoms with Crippen LogP contribution < -0.4 is 4.31 Å². The van der Waals surface area contributed by atoms with E-state index >= 15 is 0 Å². The largest absolute Gasteiger partial charge is 0.271 e. The average molecular weight is 511 g/mol. The van der Waals surface area contributed by atoms with E-state index in [1.807, 2.05) is 0 Å². The summed E-state index contributed by atoms with van der Waals surface area (Å²) >= 11 is 5.91. The van der Waals surface area contributed by atoms with Crippen molar-refractivity contribution in [3.63, 3.8) is 0 Å². The van der Waals surface area contributed by atoms with Crippen LogP contribution in [0.2, 0.25) is 5.02 Å². The molecular weight excluding hydrogens is 488 g/mol. The molecule has 3 aromatic carbocycles. The number of carbonyl (C=O) groups is 3. The molecule has 180 valence electrons. The second kappa shape index (κ2) is 10.0. The van der Waals surface area contributed by atoms with Crippen molar-refractivity contribution in [2.45, 2.75) is 31.1 Å². The van der Waals surface area contributed by atoms with Crippen LogP contribution in [0.15, 0.2) is 77.7 Å². The summed E-state index contributed by atoms with van der Waals surface area (Å²) in [5.41, 5.74) is 1.48. The van der Waals surface area contributed by atoms with Crippen molar-refractivity contribution in [3.05, 3.63) is 94.5 Å². The zero-order chi connectivity index (χ0) is 25.2. The average Bonchev–Trinajstić information content (AvgIpc) is 3.09. The molecular formula is C26H23ClN2O5S. The fourth-order valence-corrected chi connectivity index (χ4v) is 5.43. The van der Waals surface area contributed by atoms with E-state index in [0.29, 0.717) is 9.33 Å². The molecule has 0 bridgehead atoms. The number of unbranched alkanes of at least 4 members (excludes halogenated alkanes) is 1. The molecule has 4 rings (SSSR count). The van der Waals surface area contributed by atoms with Crippen molar-refractivity contribution in [1.82, 2.24) is 4.90 Å². The summed E-state index contributed by atoms with van der Waals surface area (Å²) in [6.45, 7) is 1.35. The van der Waals surface area contributed by atoms with E-state index in [9.17, 15) is 22.8 Å². The Morgan fingerprint density at radius 3 is 2.00 bits per heavy atom. The number of anilines is 1. The Bertz CT molecular complexity index is 1350. The van der Waals surface area contributed by atoms with Crippen LogP contribution >= 0.6 is 11.6 Å². The highest BCUT2D eigenvalue weighted by Crippen LogP contribution is 2.28. The molecule has 3 aromatic rings. The lowest BCUT2D eigenvalue weighted by molar-refractivity contribution is -0.117. The first-order valence-corrected chi connectivity index (χ1v) is 12.9. The summed E-state index contributed by atoms with van der Waals surface area (Å²) in [6, 6.07) is 18.3. The second-order valence-electron chi connectivity index (χ2n) is 8.13. The van der Waals surface area contributed by atoms with Gasteiger partial charge in [-0.25, -0.2) is 12.7 Å². The summed E-state index contributed by atoms with van der Waals surface area (Å²) in [6.07, 6.45) is 2.81. The lowest BCUT2D eigenvalue weighted by Crippen LogP contribution is -2.45. The Labute approximate surface area is 209 Å². The van der Waals surface area contributed by atoms with Crippen LogP contribution in [0, 0.1) is 0 Å². The normalized spacial score (nSPS) is 13.1. The van der Waals surface area contributed by atoms with Gasteiger partial charge in [-0.05, 0) is 66.9 Å². The molecule has 0 aliphatic carbocycles. The molecule has 1 heterocycles. The molecule has 9 heteroatoms. The van der Waals surface area contributed by atoms with Crippen LogP contribution in [-0.2, 0) is 21.2 Å². The number of hydrogen-bond acceptors (Lipinski definition) is 5. The van der Waals surface area contributed by atoms with Crippen molar-refractivity contribution in [1.29, 1.82) is 0 Å². The van der Waals surface area contributed by atoms with Gasteiger partial charge >= 0.3 is 0 Å². The molecule has 0 unspecified atom stereocenters. The topological polar surface area (TPSA) is 91.8 Å². The monoisotopic (exact) mass is 510 g/mol. The van der Waals surface area contributed by atoms with Crippen molar-refractivity contribution in [3.8, 4) is 0 Å². The van der Waals surface area contributed by atoms with Gasteiger partial charge in [0.25, 0.3) is 27.7 Å². The zero-order valence-corrected chi connectivity index (χ0v) is 20.6. The lowest BCUT2D eigenvalue weighted by Gasteiger charge is -2.25. The predicted octanol–water partition coefficient (Wildman–Crippen LogP) is 4.70. The molecule has 0 fully saturated rings. The quantitative estimate of drug-likeness (QED) is 0.409. The number of amides is 3. The molecule has 1 aliphatic rings. The first kappa shape index (κ1) is 24.6. The Balaban J connectivity index is 1.70. The Kier molecular flexibility index (Phi) is 7.05. The molecule has 0 saturated carbocycles. The summed E-state index contributed by atoms with van der Waals surface area (Å²) in [5, 5.41) is 0.341. The number of aryl methyl sites for hydroxylation is 1. The molecule has 0 spiro atoms. The minimum absolute atomic E-state index is 0.113. The van der Waals surface area contributed by atoms with Gasteiger partial charge in [-0.2, -0.15) is 0 Å². The minimum atomic E-state index is -4.37. The summed E-state index contributed by atoms with van der Waals surface area (Å²) < 4.78 is 27.8. The highest BCUT2D eigenvalue weighted by Gasteiger charge is 2.39. The van der Waals surface area contributed by atoms with Crippen LogP contribution in [0.3, 0.4) is 0 Å². The van der Waals surface area contributed by atoms with Gasteiger partial charge in [-0.1, -0.05) is 49.2 Å². The smallest absolute Gasteiger partial charge is 0.270 e. The number of benzene rings is 3. The number of rotatable bonds is 8. The van der Waals surface area contributed by atoms with E-state index in [1.165, 1.54) is 36.4 Å². The van der Waals surface area contributed by atoms with Crippen molar-refractivity contribution in [2.75, 3.05) is 10.8 Å². The van der Waals surface area contributed by atoms with Crippen LogP contribution in [-0.4, -0.2) is 37.6 Å². The molecule has 0 radical (unpaired) electrons. The van der Waals surface area contributed by atoms with E-state index in [0.717, 1.165) is 29.7 Å². The third-order valence-corrected chi connectivity index (χ3v) is 7.75. The number of sulfonamides is 1. The highest BCUT2D eigenvalue weighted by atomic mass is 35.5. The number of halogens is 1. The maximum atomic E-state index is 13.6. The fraction of sp³-hybridized carbons (Fsp3) is 0.192. The van der Waals surface area contributed by atoms with E-state index in [1.54, 1.807) is 36.4 Å². The van der Waals surface area contributed by atoms with Crippen LogP contribution in [0.5, 0.6) is 0 Å². The number of hydrogen-bond donors (Lipinski definition) is 0. The Morgan fingerprint density at radius 1 is 0.886 bits per heavy atom. The number of nitrogens with zero attached hydrogens (tertiary/aromatic N) is 2. The zero-order valence-electron chi connectivity index (χ0n) is 19.0. The number of imide groups is 1. The summed E-state index contributed by atoms with van der Waals surface area (Å²) in [4.78, 5) is 39.6. The van der Waals surface area contributed by atoms with Crippen molar-refractivity contribution >= 4 is 45.0 Å². The molecule has 0 saturated heterocycles. The van der Waals surface area contributed by atoms with Gasteiger partial charge < -0.3 is 0 Å². The lowest BCUT2D eigenvalue weighted by atomic mass is 10.1. The number of fused-ring (bicyclic) bond motifs is 1. The van der Waals surface area contributed by atoms with Gasteiger partial charge in [-0.3, -0.25) is 19.3 Å². The van der Waals surface area contributed by atoms with Gasteiger partial charge in [0, 0.05) is 5.02 Å². The fourth-order valence-electron chi connectivity index (χ4n) is 3.89. The predicted molar refractivity (Wildman–Crippen MR) is 133 cm³/mol. The SMILES string of the molecule is CCCCc1ccc(N(C(=O)CN2C(=O)c3ccccc3C2=O)S(=O)(=O)c2ccc(Cl)cc2)cc1. The van der Waals surface area contributed by atoms with Gasteiger partial charge in [0.1, 0.15) is 6.54 Å². The molecule has 0 N–H and O–H groups in total. The summed E-state index contributed by atoms with van der Waals surface area (Å²) in [7, 11) is -4.37. The van der Waals surface area contributed by atoms with Crippen LogP contribution in [0.25, 0.3) is 0 Å². The number of carbonyl (C=O) groups excluding carboxylic acids is 3. The van der Waals surface area contributed by atoms with Crippen molar-refractivity contribution < 1.29 is 22.8 Å². The van der Waals surface area contributed by atoms with Gasteiger partial charge in [0.2, 0.25) is 0 Å². The maximum absolute atomic E-state index is 13.6. The minimum Gasteiger partial charge on any atom is -0.271 e. The second-order valence-corrected chi connectivity index (χ2v) is 10.4. The molecule has 0 aromatic heterocycles. The van der Waals surface area contributed by atoms with E-state index in [-0.39, 0.29) is 21.7 Å². The molecule has 1 aliphatic heterocycles. The first-order chi connectivity index (χ1) is 16.7. The van der Waals surface area contributed by atoms with Crippen LogP contribution in [0.4, 0.5) is 5.69 Å². The standard InChI is InChI=1S/C26H23ClN2O5S/c1-2-3-6-18-9-13-20(14-10-18)29(35(33,34)21-15-11-19(27)12-16-21)24(30)17-28-25(31)22-7-4-5-8-23(22)26(28)32/h4-5,7-16H,2-3,6,17H2,1H3. The Hall–Kier alpha value is -3.49. The van der Waals surface area contributed by atoms with Gasteiger partial charge in [0.15, 0.2) is 0 Å². The Morgan fingerprint density at radius 2 is 1.46 bits per heavy atom. The van der Waals surface area contributed by atoms with Gasteiger partial charge in [-0.15, -0.1) is 0 Å². The van der Waals surface area contributed by atoms with Gasteiger partial charge in [0.05, 0.1) is 21.7 Å². The van der Waals surface area contributed by atoms with Crippen molar-refractivity contribution in [2.24, 2.45) is 0 Å². The van der Waals surface area contributed by atoms with E-state index in [4.69, 9.17) is 11.6 Å². The third-order valence-electron chi connectivity index (χ3n) is 5.74. The van der Waals surface area contributed by atoms with Crippen LogP contribution in [0.1, 0.15) is 46.0 Å². The first-order valence-electron chi connectivity index (χ1n) is 11.1. The third kappa shape index (κ3) is 4.85. The van der Waals surface area contributed by atoms with E-state index in [2.05, 4.69) is 6.92 Å². The summed E-state index contributed by atoms with van der Waals surface area (Å²) in [5.74, 6) is -2.22. The molecule has 7 nitrogen and oxygen atoms in total. The molecule has 0 atom stereocenters. The molecule has 35 heavy (non-hydrogen) atoms. The maximum Gasteiger partial charge on any atom is 0.270 e.